The number of piperazine rings is 1. The second kappa shape index (κ2) is 9.63. The van der Waals surface area contributed by atoms with Gasteiger partial charge in [0.2, 0.25) is 0 Å². The summed E-state index contributed by atoms with van der Waals surface area (Å²) >= 11 is 3.30. The van der Waals surface area contributed by atoms with Gasteiger partial charge in [-0.25, -0.2) is 4.98 Å². The number of thiazole rings is 1. The van der Waals surface area contributed by atoms with Crippen LogP contribution in [0.4, 0.5) is 5.69 Å². The number of aromatic nitrogens is 1. The molecule has 1 aliphatic rings. The van der Waals surface area contributed by atoms with Gasteiger partial charge in [0.05, 0.1) is 42.3 Å². The van der Waals surface area contributed by atoms with E-state index < -0.39 is 4.92 Å². The van der Waals surface area contributed by atoms with Crippen LogP contribution in [0, 0.1) is 10.1 Å². The number of thiophene rings is 1. The quantitative estimate of drug-likeness (QED) is 0.380. The highest BCUT2D eigenvalue weighted by Gasteiger charge is 2.30. The van der Waals surface area contributed by atoms with E-state index in [-0.39, 0.29) is 28.7 Å². The first kappa shape index (κ1) is 22.2. The Morgan fingerprint density at radius 1 is 1.16 bits per heavy atom. The van der Waals surface area contributed by atoms with E-state index in [2.05, 4.69) is 16.3 Å². The normalized spacial score (nSPS) is 14.4. The fourth-order valence-electron chi connectivity index (χ4n) is 3.58. The summed E-state index contributed by atoms with van der Waals surface area (Å²) in [5.74, 6) is 0.114. The van der Waals surface area contributed by atoms with Crippen molar-refractivity contribution in [1.82, 2.24) is 14.8 Å². The van der Waals surface area contributed by atoms with Crippen LogP contribution in [0.1, 0.15) is 15.4 Å². The van der Waals surface area contributed by atoms with Gasteiger partial charge in [0.1, 0.15) is 10.6 Å². The summed E-state index contributed by atoms with van der Waals surface area (Å²) in [5.41, 5.74) is 0.704. The largest absolute Gasteiger partial charge is 0.493 e. The number of ether oxygens (including phenoxy) is 2. The molecule has 0 spiro atoms. The van der Waals surface area contributed by atoms with Crippen LogP contribution >= 0.6 is 22.7 Å². The molecule has 0 atom stereocenters. The summed E-state index contributed by atoms with van der Waals surface area (Å²) < 4.78 is 10.4. The Morgan fingerprint density at radius 2 is 1.88 bits per heavy atom. The summed E-state index contributed by atoms with van der Waals surface area (Å²) in [6.07, 6.45) is 0. The number of carbonyl (C=O) groups excluding carboxylic acids is 1. The number of methoxy groups -OCH3 is 2. The van der Waals surface area contributed by atoms with Gasteiger partial charge in [-0.15, -0.1) is 22.7 Å². The molecule has 1 fully saturated rings. The van der Waals surface area contributed by atoms with E-state index in [1.807, 2.05) is 11.4 Å². The number of nitro benzene ring substituents is 1. The first-order valence-electron chi connectivity index (χ1n) is 9.90. The average molecular weight is 475 g/mol. The third-order valence-corrected chi connectivity index (χ3v) is 7.00. The Labute approximate surface area is 193 Å². The zero-order chi connectivity index (χ0) is 22.7. The van der Waals surface area contributed by atoms with Gasteiger partial charge in [-0.3, -0.25) is 19.8 Å². The van der Waals surface area contributed by atoms with Crippen LogP contribution in [-0.2, 0) is 6.54 Å². The molecule has 0 radical (unpaired) electrons. The number of benzene rings is 1. The molecule has 11 heteroatoms. The topological polar surface area (TPSA) is 98.0 Å². The second-order valence-electron chi connectivity index (χ2n) is 7.15. The maximum Gasteiger partial charge on any atom is 0.286 e. The number of hydrogen-bond donors (Lipinski definition) is 0. The number of nitrogens with zero attached hydrogens (tertiary/aromatic N) is 4. The number of nitro groups is 1. The fraction of sp³-hybridized carbons (Fsp3) is 0.333. The van der Waals surface area contributed by atoms with Gasteiger partial charge in [-0.05, 0) is 11.4 Å². The molecule has 9 nitrogen and oxygen atoms in total. The standard InChI is InChI=1S/C21H22N4O5S2/c1-29-17-10-14(16(25(27)28)11-18(17)30-2)21(26)24-7-5-23(6-8-24)12-20-22-15(13-32-20)19-4-3-9-31-19/h3-4,9-11,13H,5-8,12H2,1-2H3. The van der Waals surface area contributed by atoms with Crippen molar-refractivity contribution >= 4 is 34.3 Å². The summed E-state index contributed by atoms with van der Waals surface area (Å²) in [7, 11) is 2.83. The number of rotatable bonds is 7. The van der Waals surface area contributed by atoms with Crippen LogP contribution in [0.2, 0.25) is 0 Å². The molecule has 1 amide bonds. The summed E-state index contributed by atoms with van der Waals surface area (Å²) in [5, 5.41) is 16.7. The lowest BCUT2D eigenvalue weighted by molar-refractivity contribution is -0.385. The second-order valence-corrected chi connectivity index (χ2v) is 9.04. The van der Waals surface area contributed by atoms with E-state index in [1.165, 1.54) is 26.4 Å². The fourth-order valence-corrected chi connectivity index (χ4v) is 5.18. The molecule has 0 bridgehead atoms. The number of amides is 1. The van der Waals surface area contributed by atoms with Crippen molar-refractivity contribution < 1.29 is 19.2 Å². The Hall–Kier alpha value is -3.02. The first-order valence-corrected chi connectivity index (χ1v) is 11.7. The highest BCUT2D eigenvalue weighted by atomic mass is 32.1. The molecule has 0 unspecified atom stereocenters. The van der Waals surface area contributed by atoms with E-state index in [4.69, 9.17) is 14.5 Å². The SMILES string of the molecule is COc1cc(C(=O)N2CCN(Cc3nc(-c4cccs4)cs3)CC2)c([N+](=O)[O-])cc1OC. The molecule has 1 saturated heterocycles. The van der Waals surface area contributed by atoms with Gasteiger partial charge in [0.15, 0.2) is 11.5 Å². The first-order chi connectivity index (χ1) is 15.5. The van der Waals surface area contributed by atoms with Crippen molar-refractivity contribution in [2.45, 2.75) is 6.54 Å². The monoisotopic (exact) mass is 474 g/mol. The predicted molar refractivity (Wildman–Crippen MR) is 123 cm³/mol. The van der Waals surface area contributed by atoms with E-state index in [0.717, 1.165) is 15.6 Å². The minimum Gasteiger partial charge on any atom is -0.493 e. The minimum absolute atomic E-state index is 0.00149. The minimum atomic E-state index is -0.570. The van der Waals surface area contributed by atoms with Gasteiger partial charge in [-0.1, -0.05) is 6.07 Å². The maximum atomic E-state index is 13.1. The van der Waals surface area contributed by atoms with Crippen molar-refractivity contribution in [1.29, 1.82) is 0 Å². The Bertz CT molecular complexity index is 1110. The van der Waals surface area contributed by atoms with Crippen LogP contribution in [0.5, 0.6) is 11.5 Å². The summed E-state index contributed by atoms with van der Waals surface area (Å²) in [4.78, 5) is 33.8. The highest BCUT2D eigenvalue weighted by Crippen LogP contribution is 2.35. The van der Waals surface area contributed by atoms with Crippen molar-refractivity contribution in [3.05, 3.63) is 55.7 Å². The smallest absolute Gasteiger partial charge is 0.286 e. The lowest BCUT2D eigenvalue weighted by atomic mass is 10.1. The van der Waals surface area contributed by atoms with Crippen LogP contribution < -0.4 is 9.47 Å². The third kappa shape index (κ3) is 4.59. The van der Waals surface area contributed by atoms with Gasteiger partial charge < -0.3 is 14.4 Å². The van der Waals surface area contributed by atoms with Gasteiger partial charge in [0, 0.05) is 37.6 Å². The van der Waals surface area contributed by atoms with E-state index in [1.54, 1.807) is 27.6 Å². The molecule has 4 rings (SSSR count). The molecular weight excluding hydrogens is 452 g/mol. The van der Waals surface area contributed by atoms with E-state index in [9.17, 15) is 14.9 Å². The molecule has 32 heavy (non-hydrogen) atoms. The van der Waals surface area contributed by atoms with Gasteiger partial charge >= 0.3 is 0 Å². The van der Waals surface area contributed by atoms with Crippen molar-refractivity contribution in [2.75, 3.05) is 40.4 Å². The molecular formula is C21H22N4O5S2. The molecule has 3 aromatic rings. The van der Waals surface area contributed by atoms with Crippen LogP contribution in [0.3, 0.4) is 0 Å². The van der Waals surface area contributed by atoms with Crippen LogP contribution in [-0.4, -0.2) is 66.0 Å². The Kier molecular flexibility index (Phi) is 6.68. The average Bonchev–Trinajstić information content (AvgIpc) is 3.50. The molecule has 3 heterocycles. The highest BCUT2D eigenvalue weighted by molar-refractivity contribution is 7.14. The summed E-state index contributed by atoms with van der Waals surface area (Å²) in [6, 6.07) is 6.68. The lowest BCUT2D eigenvalue weighted by Crippen LogP contribution is -2.48. The zero-order valence-corrected chi connectivity index (χ0v) is 19.3. The number of carbonyl (C=O) groups is 1. The van der Waals surface area contributed by atoms with Gasteiger partial charge in [-0.2, -0.15) is 0 Å². The molecule has 0 aliphatic carbocycles. The molecule has 0 saturated carbocycles. The number of hydrogen-bond acceptors (Lipinski definition) is 9. The molecule has 0 N–H and O–H groups in total. The molecule has 168 valence electrons. The van der Waals surface area contributed by atoms with Crippen LogP contribution in [0.15, 0.2) is 35.0 Å². The van der Waals surface area contributed by atoms with Crippen molar-refractivity contribution in [3.63, 3.8) is 0 Å². The van der Waals surface area contributed by atoms with Crippen LogP contribution in [0.25, 0.3) is 10.6 Å². The summed E-state index contributed by atoms with van der Waals surface area (Å²) in [6.45, 7) is 3.01. The van der Waals surface area contributed by atoms with E-state index in [0.29, 0.717) is 32.7 Å². The van der Waals surface area contributed by atoms with Crippen molar-refractivity contribution in [2.24, 2.45) is 0 Å². The predicted octanol–water partition coefficient (Wildman–Crippen LogP) is 3.76. The maximum absolute atomic E-state index is 13.1. The third-order valence-electron chi connectivity index (χ3n) is 5.27. The van der Waals surface area contributed by atoms with E-state index >= 15 is 0 Å². The Morgan fingerprint density at radius 3 is 2.50 bits per heavy atom. The molecule has 1 aromatic carbocycles. The molecule has 1 aliphatic heterocycles. The Balaban J connectivity index is 1.42. The molecule has 2 aromatic heterocycles. The van der Waals surface area contributed by atoms with Gasteiger partial charge in [0.25, 0.3) is 11.6 Å². The van der Waals surface area contributed by atoms with Crippen molar-refractivity contribution in [3.8, 4) is 22.1 Å². The zero-order valence-electron chi connectivity index (χ0n) is 17.6. The lowest BCUT2D eigenvalue weighted by Gasteiger charge is -2.34.